The van der Waals surface area contributed by atoms with Gasteiger partial charge in [0.25, 0.3) is 5.91 Å². The quantitative estimate of drug-likeness (QED) is 0.336. The standard InChI is InChI=1S/C13H18FN3O2/c1-4-13(3,12(15)17-19)16-11(18)9-7-5-6-8(2)10(9)14/h5-7,19H,4H2,1-3H3,(H2,15,17)(H,16,18). The molecule has 1 amide bonds. The first kappa shape index (κ1) is 14.9. The van der Waals surface area contributed by atoms with Crippen LogP contribution in [-0.2, 0) is 0 Å². The molecule has 0 radical (unpaired) electrons. The van der Waals surface area contributed by atoms with E-state index >= 15 is 0 Å². The van der Waals surface area contributed by atoms with E-state index in [9.17, 15) is 9.18 Å². The number of aryl methyl sites for hydroxylation is 1. The summed E-state index contributed by atoms with van der Waals surface area (Å²) in [5.41, 5.74) is 4.84. The normalized spacial score (nSPS) is 14.8. The molecule has 0 saturated heterocycles. The lowest BCUT2D eigenvalue weighted by Gasteiger charge is -2.28. The van der Waals surface area contributed by atoms with Crippen LogP contribution < -0.4 is 11.1 Å². The van der Waals surface area contributed by atoms with Gasteiger partial charge in [0.1, 0.15) is 5.82 Å². The molecule has 0 fully saturated rings. The summed E-state index contributed by atoms with van der Waals surface area (Å²) in [7, 11) is 0. The smallest absolute Gasteiger partial charge is 0.255 e. The predicted molar refractivity (Wildman–Crippen MR) is 70.7 cm³/mol. The second kappa shape index (κ2) is 5.69. The van der Waals surface area contributed by atoms with Crippen LogP contribution in [0, 0.1) is 12.7 Å². The fraction of sp³-hybridized carbons (Fsp3) is 0.385. The van der Waals surface area contributed by atoms with E-state index in [0.717, 1.165) is 0 Å². The van der Waals surface area contributed by atoms with Crippen LogP contribution in [-0.4, -0.2) is 22.5 Å². The van der Waals surface area contributed by atoms with Crippen molar-refractivity contribution in [2.75, 3.05) is 0 Å². The fourth-order valence-corrected chi connectivity index (χ4v) is 1.58. The van der Waals surface area contributed by atoms with Crippen molar-refractivity contribution in [3.8, 4) is 0 Å². The first-order valence-corrected chi connectivity index (χ1v) is 5.91. The van der Waals surface area contributed by atoms with Crippen LogP contribution in [0.3, 0.4) is 0 Å². The van der Waals surface area contributed by atoms with Crippen molar-refractivity contribution in [1.82, 2.24) is 5.32 Å². The summed E-state index contributed by atoms with van der Waals surface area (Å²) < 4.78 is 13.8. The number of oxime groups is 1. The maximum Gasteiger partial charge on any atom is 0.255 e. The van der Waals surface area contributed by atoms with Crippen molar-refractivity contribution in [2.45, 2.75) is 32.7 Å². The summed E-state index contributed by atoms with van der Waals surface area (Å²) in [4.78, 5) is 12.1. The van der Waals surface area contributed by atoms with Crippen LogP contribution in [0.15, 0.2) is 23.4 Å². The molecule has 0 saturated carbocycles. The van der Waals surface area contributed by atoms with Crippen molar-refractivity contribution >= 4 is 11.7 Å². The third-order valence-electron chi connectivity index (χ3n) is 3.21. The molecule has 4 N–H and O–H groups in total. The first-order chi connectivity index (χ1) is 8.85. The number of carbonyl (C=O) groups is 1. The average Bonchev–Trinajstić information content (AvgIpc) is 2.40. The van der Waals surface area contributed by atoms with Crippen LogP contribution in [0.4, 0.5) is 4.39 Å². The molecular weight excluding hydrogens is 249 g/mol. The predicted octanol–water partition coefficient (Wildman–Crippen LogP) is 1.78. The Kier molecular flexibility index (Phi) is 4.47. The molecule has 6 heteroatoms. The largest absolute Gasteiger partial charge is 0.409 e. The summed E-state index contributed by atoms with van der Waals surface area (Å²) in [5, 5.41) is 14.2. The highest BCUT2D eigenvalue weighted by atomic mass is 19.1. The van der Waals surface area contributed by atoms with Crippen molar-refractivity contribution in [3.05, 3.63) is 35.1 Å². The van der Waals surface area contributed by atoms with E-state index in [1.54, 1.807) is 32.9 Å². The van der Waals surface area contributed by atoms with Crippen LogP contribution in [0.5, 0.6) is 0 Å². The van der Waals surface area contributed by atoms with E-state index in [2.05, 4.69) is 10.5 Å². The Morgan fingerprint density at radius 3 is 2.74 bits per heavy atom. The van der Waals surface area contributed by atoms with Crippen molar-refractivity contribution < 1.29 is 14.4 Å². The number of benzene rings is 1. The molecule has 0 aromatic heterocycles. The lowest BCUT2D eigenvalue weighted by molar-refractivity contribution is 0.0920. The van der Waals surface area contributed by atoms with Gasteiger partial charge in [0, 0.05) is 0 Å². The fourth-order valence-electron chi connectivity index (χ4n) is 1.58. The van der Waals surface area contributed by atoms with E-state index in [1.165, 1.54) is 6.07 Å². The Balaban J connectivity index is 3.05. The number of hydrogen-bond donors (Lipinski definition) is 3. The number of hydrogen-bond acceptors (Lipinski definition) is 3. The molecule has 1 rings (SSSR count). The molecule has 1 atom stereocenters. The lowest BCUT2D eigenvalue weighted by Crippen LogP contribution is -2.55. The Morgan fingerprint density at radius 2 is 2.21 bits per heavy atom. The van der Waals surface area contributed by atoms with Crippen molar-refractivity contribution in [2.24, 2.45) is 10.9 Å². The van der Waals surface area contributed by atoms with Gasteiger partial charge in [-0.05, 0) is 31.9 Å². The molecule has 104 valence electrons. The summed E-state index contributed by atoms with van der Waals surface area (Å²) in [6, 6.07) is 4.56. The molecule has 5 nitrogen and oxygen atoms in total. The molecule has 19 heavy (non-hydrogen) atoms. The summed E-state index contributed by atoms with van der Waals surface area (Å²) >= 11 is 0. The Labute approximate surface area is 111 Å². The molecule has 0 aliphatic carbocycles. The lowest BCUT2D eigenvalue weighted by atomic mass is 9.96. The van der Waals surface area contributed by atoms with Crippen molar-refractivity contribution in [1.29, 1.82) is 0 Å². The molecule has 1 aromatic rings. The zero-order valence-electron chi connectivity index (χ0n) is 11.2. The minimum absolute atomic E-state index is 0.0644. The molecule has 0 bridgehead atoms. The SMILES string of the molecule is CCC(C)(NC(=O)c1cccc(C)c1F)/C(N)=N/O. The number of amides is 1. The number of rotatable bonds is 4. The second-order valence-electron chi connectivity index (χ2n) is 4.56. The molecule has 0 aliphatic heterocycles. The third-order valence-corrected chi connectivity index (χ3v) is 3.21. The summed E-state index contributed by atoms with van der Waals surface area (Å²) in [6.45, 7) is 4.95. The summed E-state index contributed by atoms with van der Waals surface area (Å²) in [5.74, 6) is -1.30. The Morgan fingerprint density at radius 1 is 1.58 bits per heavy atom. The van der Waals surface area contributed by atoms with Gasteiger partial charge in [-0.2, -0.15) is 0 Å². The summed E-state index contributed by atoms with van der Waals surface area (Å²) in [6.07, 6.45) is 0.405. The van der Waals surface area contributed by atoms with Gasteiger partial charge in [-0.25, -0.2) is 4.39 Å². The number of nitrogens with zero attached hydrogens (tertiary/aromatic N) is 1. The van der Waals surface area contributed by atoms with Gasteiger partial charge in [0.2, 0.25) is 0 Å². The Hall–Kier alpha value is -2.11. The second-order valence-corrected chi connectivity index (χ2v) is 4.56. The minimum Gasteiger partial charge on any atom is -0.409 e. The minimum atomic E-state index is -1.03. The highest BCUT2D eigenvalue weighted by molar-refractivity contribution is 6.00. The van der Waals surface area contributed by atoms with Crippen LogP contribution in [0.1, 0.15) is 36.2 Å². The van der Waals surface area contributed by atoms with Gasteiger partial charge in [0.15, 0.2) is 5.84 Å². The highest BCUT2D eigenvalue weighted by Gasteiger charge is 2.30. The van der Waals surface area contributed by atoms with Gasteiger partial charge >= 0.3 is 0 Å². The molecule has 0 heterocycles. The van der Waals surface area contributed by atoms with E-state index in [-0.39, 0.29) is 11.4 Å². The number of halogens is 1. The maximum atomic E-state index is 13.8. The van der Waals surface area contributed by atoms with E-state index in [1.807, 2.05) is 0 Å². The first-order valence-electron chi connectivity index (χ1n) is 5.91. The van der Waals surface area contributed by atoms with Gasteiger partial charge < -0.3 is 16.3 Å². The average molecular weight is 267 g/mol. The van der Waals surface area contributed by atoms with Crippen LogP contribution >= 0.6 is 0 Å². The van der Waals surface area contributed by atoms with Gasteiger partial charge in [-0.3, -0.25) is 4.79 Å². The van der Waals surface area contributed by atoms with Gasteiger partial charge in [-0.15, -0.1) is 0 Å². The monoisotopic (exact) mass is 267 g/mol. The molecule has 0 spiro atoms. The van der Waals surface area contributed by atoms with E-state index < -0.39 is 17.3 Å². The van der Waals surface area contributed by atoms with Crippen LogP contribution in [0.2, 0.25) is 0 Å². The molecule has 0 aliphatic rings. The van der Waals surface area contributed by atoms with Gasteiger partial charge in [0.05, 0.1) is 11.1 Å². The topological polar surface area (TPSA) is 87.7 Å². The number of nitrogens with one attached hydrogen (secondary N) is 1. The van der Waals surface area contributed by atoms with Crippen LogP contribution in [0.25, 0.3) is 0 Å². The van der Waals surface area contributed by atoms with E-state index in [0.29, 0.717) is 12.0 Å². The highest BCUT2D eigenvalue weighted by Crippen LogP contribution is 2.15. The van der Waals surface area contributed by atoms with E-state index in [4.69, 9.17) is 10.9 Å². The Bertz CT molecular complexity index is 517. The maximum absolute atomic E-state index is 13.8. The molecular formula is C13H18FN3O2. The zero-order valence-corrected chi connectivity index (χ0v) is 11.2. The number of amidine groups is 1. The number of carbonyl (C=O) groups excluding carboxylic acids is 1. The van der Waals surface area contributed by atoms with Crippen molar-refractivity contribution in [3.63, 3.8) is 0 Å². The molecule has 1 aromatic carbocycles. The number of nitrogens with two attached hydrogens (primary N) is 1. The zero-order chi connectivity index (χ0) is 14.6. The molecule has 1 unspecified atom stereocenters. The van der Waals surface area contributed by atoms with Gasteiger partial charge in [-0.1, -0.05) is 24.2 Å². The third kappa shape index (κ3) is 3.01.